The zero-order valence-electron chi connectivity index (χ0n) is 22.3. The first-order valence-electron chi connectivity index (χ1n) is 13.8. The van der Waals surface area contributed by atoms with Gasteiger partial charge in [-0.05, 0) is 67.3 Å². The van der Waals surface area contributed by atoms with E-state index in [1.54, 1.807) is 22.6 Å². The van der Waals surface area contributed by atoms with Crippen molar-refractivity contribution in [3.05, 3.63) is 71.4 Å². The molecule has 1 aliphatic heterocycles. The summed E-state index contributed by atoms with van der Waals surface area (Å²) in [4.78, 5) is 41.1. The summed E-state index contributed by atoms with van der Waals surface area (Å²) in [6.45, 7) is -0.0183. The second-order valence-electron chi connectivity index (χ2n) is 11.1. The summed E-state index contributed by atoms with van der Waals surface area (Å²) in [5.41, 5.74) is 8.74. The first-order valence-corrected chi connectivity index (χ1v) is 13.8. The number of alkyl halides is 1. The van der Waals surface area contributed by atoms with Gasteiger partial charge in [-0.1, -0.05) is 36.4 Å². The number of ketones is 1. The van der Waals surface area contributed by atoms with Crippen molar-refractivity contribution in [2.45, 2.75) is 56.5 Å². The largest absolute Gasteiger partial charge is 0.477 e. The van der Waals surface area contributed by atoms with E-state index in [-0.39, 0.29) is 41.6 Å². The van der Waals surface area contributed by atoms with Crippen LogP contribution in [0.15, 0.2) is 54.6 Å². The summed E-state index contributed by atoms with van der Waals surface area (Å²) in [6.07, 6.45) is 3.66. The van der Waals surface area contributed by atoms with Gasteiger partial charge in [0.05, 0.1) is 6.04 Å². The van der Waals surface area contributed by atoms with Gasteiger partial charge < -0.3 is 20.3 Å². The quantitative estimate of drug-likeness (QED) is 0.444. The van der Waals surface area contributed by atoms with E-state index in [9.17, 15) is 23.9 Å². The third kappa shape index (κ3) is 5.35. The number of amides is 1. The Balaban J connectivity index is 1.38. The maximum Gasteiger partial charge on any atom is 0.352 e. The molecule has 3 atom stereocenters. The van der Waals surface area contributed by atoms with E-state index in [1.165, 1.54) is 0 Å². The molecule has 2 aliphatic rings. The number of rotatable bonds is 8. The SMILES string of the molecule is Cn1c(C(=O)O)cc2cc(CC(=O)[C@@H]3[C@H](c4ccccc4)CCN3C(=O)C3CCC([C@H](N)CF)CC3)ccc21. The molecule has 1 saturated heterocycles. The Kier molecular flexibility index (Phi) is 7.84. The molecule has 1 saturated carbocycles. The topological polar surface area (TPSA) is 106 Å². The number of carboxylic acids is 1. The minimum absolute atomic E-state index is 0.0171. The minimum atomic E-state index is -1.00. The lowest BCUT2D eigenvalue weighted by molar-refractivity contribution is -0.142. The smallest absolute Gasteiger partial charge is 0.352 e. The molecule has 7 nitrogen and oxygen atoms in total. The number of benzene rings is 2. The Morgan fingerprint density at radius 3 is 2.41 bits per heavy atom. The molecule has 5 rings (SSSR count). The van der Waals surface area contributed by atoms with Crippen molar-refractivity contribution >= 4 is 28.6 Å². The molecule has 3 aromatic rings. The van der Waals surface area contributed by atoms with Crippen molar-refractivity contribution in [3.63, 3.8) is 0 Å². The average Bonchev–Trinajstić information content (AvgIpc) is 3.54. The lowest BCUT2D eigenvalue weighted by atomic mass is 9.78. The van der Waals surface area contributed by atoms with Gasteiger partial charge >= 0.3 is 5.97 Å². The standard InChI is InChI=1S/C31H36FN3O4/c1-34-26-12-7-19(15-23(26)17-27(34)31(38)39)16-28(36)29-24(20-5-3-2-4-6-20)13-14-35(29)30(37)22-10-8-21(9-11-22)25(33)18-32/h2-7,12,15,17,21-22,24-25,29H,8-11,13-14,16,18,33H2,1H3,(H,38,39)/t21?,22?,24-,25+,29-/m0/s1. The summed E-state index contributed by atoms with van der Waals surface area (Å²) in [6, 6.07) is 16.1. The molecule has 2 heterocycles. The third-order valence-corrected chi connectivity index (χ3v) is 8.85. The summed E-state index contributed by atoms with van der Waals surface area (Å²) < 4.78 is 14.7. The fraction of sp³-hybridized carbons (Fsp3) is 0.452. The second kappa shape index (κ2) is 11.3. The lowest BCUT2D eigenvalue weighted by Crippen LogP contribution is -2.47. The third-order valence-electron chi connectivity index (χ3n) is 8.85. The molecule has 2 fully saturated rings. The Labute approximate surface area is 227 Å². The van der Waals surface area contributed by atoms with Crippen molar-refractivity contribution in [1.29, 1.82) is 0 Å². The van der Waals surface area contributed by atoms with Crippen LogP contribution in [0.4, 0.5) is 4.39 Å². The van der Waals surface area contributed by atoms with E-state index in [0.717, 1.165) is 34.9 Å². The van der Waals surface area contributed by atoms with Gasteiger partial charge in [0, 0.05) is 48.8 Å². The number of aryl methyl sites for hydroxylation is 1. The van der Waals surface area contributed by atoms with Crippen LogP contribution in [-0.4, -0.2) is 57.5 Å². The number of carbonyl (C=O) groups excluding carboxylic acids is 2. The zero-order chi connectivity index (χ0) is 27.7. The lowest BCUT2D eigenvalue weighted by Gasteiger charge is -2.35. The highest BCUT2D eigenvalue weighted by atomic mass is 19.1. The number of carbonyl (C=O) groups is 3. The van der Waals surface area contributed by atoms with E-state index in [0.29, 0.717) is 25.8 Å². The van der Waals surface area contributed by atoms with Crippen molar-refractivity contribution in [3.8, 4) is 0 Å². The molecule has 2 aromatic carbocycles. The molecule has 39 heavy (non-hydrogen) atoms. The van der Waals surface area contributed by atoms with Gasteiger partial charge in [0.1, 0.15) is 12.4 Å². The Morgan fingerprint density at radius 1 is 1.03 bits per heavy atom. The molecule has 8 heteroatoms. The number of aromatic carboxylic acids is 1. The van der Waals surface area contributed by atoms with Gasteiger partial charge in [0.15, 0.2) is 5.78 Å². The number of carboxylic acid groups (broad SMARTS) is 1. The predicted molar refractivity (Wildman–Crippen MR) is 147 cm³/mol. The Morgan fingerprint density at radius 2 is 1.74 bits per heavy atom. The molecule has 1 aliphatic carbocycles. The van der Waals surface area contributed by atoms with Gasteiger partial charge in [-0.3, -0.25) is 9.59 Å². The highest BCUT2D eigenvalue weighted by Crippen LogP contribution is 2.38. The number of hydrogen-bond donors (Lipinski definition) is 2. The van der Waals surface area contributed by atoms with E-state index in [4.69, 9.17) is 5.73 Å². The fourth-order valence-electron chi connectivity index (χ4n) is 6.66. The van der Waals surface area contributed by atoms with E-state index >= 15 is 0 Å². The van der Waals surface area contributed by atoms with Gasteiger partial charge in [-0.25, -0.2) is 9.18 Å². The number of hydrogen-bond acceptors (Lipinski definition) is 4. The van der Waals surface area contributed by atoms with Crippen LogP contribution in [0.2, 0.25) is 0 Å². The Bertz CT molecular complexity index is 1360. The van der Waals surface area contributed by atoms with Crippen molar-refractivity contribution in [1.82, 2.24) is 9.47 Å². The number of Topliss-reactive ketones (excluding diaryl/α,β-unsaturated/α-hetero) is 1. The highest BCUT2D eigenvalue weighted by molar-refractivity contribution is 5.96. The summed E-state index contributed by atoms with van der Waals surface area (Å²) in [5.74, 6) is -1.16. The van der Waals surface area contributed by atoms with E-state index in [1.807, 2.05) is 48.5 Å². The van der Waals surface area contributed by atoms with Crippen molar-refractivity contribution < 1.29 is 23.9 Å². The number of likely N-dealkylation sites (tertiary alicyclic amines) is 1. The summed E-state index contributed by atoms with van der Waals surface area (Å²) in [5, 5.41) is 10.2. The molecule has 0 spiro atoms. The van der Waals surface area contributed by atoms with Gasteiger partial charge in [-0.15, -0.1) is 0 Å². The number of nitrogens with two attached hydrogens (primary N) is 1. The number of halogens is 1. The molecule has 206 valence electrons. The van der Waals surface area contributed by atoms with Crippen LogP contribution in [0, 0.1) is 11.8 Å². The number of aromatic nitrogens is 1. The molecule has 0 unspecified atom stereocenters. The number of fused-ring (bicyclic) bond motifs is 1. The van der Waals surface area contributed by atoms with Crippen LogP contribution in [0.25, 0.3) is 10.9 Å². The molecule has 3 N–H and O–H groups in total. The van der Waals surface area contributed by atoms with Crippen LogP contribution in [0.5, 0.6) is 0 Å². The number of nitrogens with zero attached hydrogens (tertiary/aromatic N) is 2. The van der Waals surface area contributed by atoms with Crippen molar-refractivity contribution in [2.24, 2.45) is 24.6 Å². The van der Waals surface area contributed by atoms with Crippen LogP contribution >= 0.6 is 0 Å². The zero-order valence-corrected chi connectivity index (χ0v) is 22.3. The van der Waals surface area contributed by atoms with E-state index < -0.39 is 24.7 Å². The molecule has 1 aromatic heterocycles. The monoisotopic (exact) mass is 533 g/mol. The summed E-state index contributed by atoms with van der Waals surface area (Å²) >= 11 is 0. The first kappa shape index (κ1) is 27.1. The molecule has 1 amide bonds. The molecule has 0 bridgehead atoms. The second-order valence-corrected chi connectivity index (χ2v) is 11.1. The first-order chi connectivity index (χ1) is 18.8. The Hall–Kier alpha value is -3.52. The van der Waals surface area contributed by atoms with Crippen LogP contribution in [0.3, 0.4) is 0 Å². The van der Waals surface area contributed by atoms with Crippen molar-refractivity contribution in [2.75, 3.05) is 13.2 Å². The highest BCUT2D eigenvalue weighted by Gasteiger charge is 2.44. The maximum atomic E-state index is 13.9. The van der Waals surface area contributed by atoms with Crippen LogP contribution in [0.1, 0.15) is 59.6 Å². The average molecular weight is 534 g/mol. The normalized spacial score (nSPS) is 24.1. The van der Waals surface area contributed by atoms with Crippen LogP contribution < -0.4 is 5.73 Å². The summed E-state index contributed by atoms with van der Waals surface area (Å²) in [7, 11) is 1.71. The maximum absolute atomic E-state index is 13.9. The van der Waals surface area contributed by atoms with Gasteiger partial charge in [0.25, 0.3) is 0 Å². The minimum Gasteiger partial charge on any atom is -0.477 e. The van der Waals surface area contributed by atoms with Gasteiger partial charge in [0.2, 0.25) is 5.91 Å². The van der Waals surface area contributed by atoms with Gasteiger partial charge in [-0.2, -0.15) is 0 Å². The molecular weight excluding hydrogens is 497 g/mol. The van der Waals surface area contributed by atoms with E-state index in [2.05, 4.69) is 0 Å². The van der Waals surface area contributed by atoms with Crippen LogP contribution in [-0.2, 0) is 23.1 Å². The fourth-order valence-corrected chi connectivity index (χ4v) is 6.66. The predicted octanol–water partition coefficient (Wildman–Crippen LogP) is 4.48. The molecular formula is C31H36FN3O4. The molecule has 0 radical (unpaired) electrons.